The summed E-state index contributed by atoms with van der Waals surface area (Å²) in [5, 5.41) is 8.68. The molecule has 0 spiro atoms. The average molecular weight is 180 g/mol. The Bertz CT molecular complexity index is 334. The smallest absolute Gasteiger partial charge is 0.339 e. The number of aromatic carboxylic acids is 1. The molecular weight excluding hydrogens is 168 g/mol. The van der Waals surface area contributed by atoms with Crippen LogP contribution in [0.4, 0.5) is 5.82 Å². The van der Waals surface area contributed by atoms with E-state index in [2.05, 4.69) is 4.98 Å². The number of pyridine rings is 1. The quantitative estimate of drug-likeness (QED) is 0.722. The lowest BCUT2D eigenvalue weighted by Crippen LogP contribution is -2.06. The molecule has 4 heteroatoms. The van der Waals surface area contributed by atoms with Crippen LogP contribution in [0.2, 0.25) is 0 Å². The Morgan fingerprint density at radius 2 is 2.15 bits per heavy atom. The largest absolute Gasteiger partial charge is 0.478 e. The second-order valence-electron chi connectivity index (χ2n) is 3.13. The summed E-state index contributed by atoms with van der Waals surface area (Å²) in [5.74, 6) is -0.704. The van der Waals surface area contributed by atoms with E-state index < -0.39 is 5.97 Å². The van der Waals surface area contributed by atoms with Gasteiger partial charge in [0.2, 0.25) is 0 Å². The first-order chi connectivity index (χ1) is 6.02. The highest BCUT2D eigenvalue weighted by atomic mass is 16.4. The summed E-state index contributed by atoms with van der Waals surface area (Å²) in [6.45, 7) is 3.95. The van der Waals surface area contributed by atoms with Crippen molar-refractivity contribution in [3.05, 3.63) is 23.4 Å². The molecule has 4 nitrogen and oxygen atoms in total. The molecule has 1 heterocycles. The van der Waals surface area contributed by atoms with E-state index in [-0.39, 0.29) is 17.3 Å². The zero-order valence-electron chi connectivity index (χ0n) is 7.61. The maximum absolute atomic E-state index is 10.6. The Hall–Kier alpha value is -1.58. The van der Waals surface area contributed by atoms with E-state index in [0.29, 0.717) is 0 Å². The maximum atomic E-state index is 10.6. The van der Waals surface area contributed by atoms with Gasteiger partial charge in [-0.25, -0.2) is 9.78 Å². The summed E-state index contributed by atoms with van der Waals surface area (Å²) in [6, 6.07) is 3.17. The van der Waals surface area contributed by atoms with Crippen LogP contribution in [0.3, 0.4) is 0 Å². The second kappa shape index (κ2) is 3.43. The molecule has 3 N–H and O–H groups in total. The Morgan fingerprint density at radius 1 is 1.54 bits per heavy atom. The first-order valence-corrected chi connectivity index (χ1v) is 4.02. The van der Waals surface area contributed by atoms with Gasteiger partial charge in [0, 0.05) is 5.69 Å². The van der Waals surface area contributed by atoms with Crippen LogP contribution in [0.1, 0.15) is 35.8 Å². The van der Waals surface area contributed by atoms with Crippen molar-refractivity contribution in [2.24, 2.45) is 0 Å². The summed E-state index contributed by atoms with van der Waals surface area (Å²) in [7, 11) is 0. The molecule has 0 unspecified atom stereocenters. The van der Waals surface area contributed by atoms with Gasteiger partial charge in [-0.1, -0.05) is 13.8 Å². The summed E-state index contributed by atoms with van der Waals surface area (Å²) in [5.41, 5.74) is 6.34. The Labute approximate surface area is 76.4 Å². The van der Waals surface area contributed by atoms with Crippen molar-refractivity contribution in [3.63, 3.8) is 0 Å². The van der Waals surface area contributed by atoms with Gasteiger partial charge < -0.3 is 10.8 Å². The van der Waals surface area contributed by atoms with Crippen molar-refractivity contribution in [1.82, 2.24) is 4.98 Å². The summed E-state index contributed by atoms with van der Waals surface area (Å²) in [4.78, 5) is 14.6. The first-order valence-electron chi connectivity index (χ1n) is 4.02. The molecular formula is C9H12N2O2. The lowest BCUT2D eigenvalue weighted by molar-refractivity contribution is 0.0697. The Kier molecular flexibility index (Phi) is 2.51. The molecule has 0 bridgehead atoms. The Balaban J connectivity index is 3.13. The molecule has 1 aromatic rings. The number of anilines is 1. The number of carboxylic acids is 1. The third-order valence-corrected chi connectivity index (χ3v) is 1.77. The van der Waals surface area contributed by atoms with Crippen LogP contribution < -0.4 is 5.73 Å². The van der Waals surface area contributed by atoms with Gasteiger partial charge in [0.05, 0.1) is 0 Å². The first kappa shape index (κ1) is 9.51. The summed E-state index contributed by atoms with van der Waals surface area (Å²) < 4.78 is 0. The number of aromatic nitrogens is 1. The number of nitrogens with two attached hydrogens (primary N) is 1. The van der Waals surface area contributed by atoms with Crippen LogP contribution in [0.25, 0.3) is 0 Å². The van der Waals surface area contributed by atoms with Crippen molar-refractivity contribution < 1.29 is 9.90 Å². The van der Waals surface area contributed by atoms with E-state index in [9.17, 15) is 4.79 Å². The summed E-state index contributed by atoms with van der Waals surface area (Å²) >= 11 is 0. The lowest BCUT2D eigenvalue weighted by Gasteiger charge is -2.06. The van der Waals surface area contributed by atoms with E-state index in [1.807, 2.05) is 13.8 Å². The molecule has 70 valence electrons. The van der Waals surface area contributed by atoms with Gasteiger partial charge in [-0.3, -0.25) is 0 Å². The van der Waals surface area contributed by atoms with Crippen molar-refractivity contribution in [2.45, 2.75) is 19.8 Å². The molecule has 0 radical (unpaired) electrons. The fourth-order valence-corrected chi connectivity index (χ4v) is 0.993. The fraction of sp³-hybridized carbons (Fsp3) is 0.333. The molecule has 0 atom stereocenters. The van der Waals surface area contributed by atoms with Gasteiger partial charge in [0.1, 0.15) is 11.4 Å². The van der Waals surface area contributed by atoms with Gasteiger partial charge >= 0.3 is 5.97 Å². The van der Waals surface area contributed by atoms with Gasteiger partial charge in [0.15, 0.2) is 0 Å². The van der Waals surface area contributed by atoms with Crippen molar-refractivity contribution in [2.75, 3.05) is 5.73 Å². The maximum Gasteiger partial charge on any atom is 0.339 e. The molecule has 0 saturated carbocycles. The highest BCUT2D eigenvalue weighted by Gasteiger charge is 2.10. The number of hydrogen-bond donors (Lipinski definition) is 2. The number of rotatable bonds is 2. The molecule has 0 amide bonds. The number of nitrogens with zero attached hydrogens (tertiary/aromatic N) is 1. The van der Waals surface area contributed by atoms with Crippen LogP contribution >= 0.6 is 0 Å². The van der Waals surface area contributed by atoms with Gasteiger partial charge in [-0.05, 0) is 18.1 Å². The molecule has 1 aromatic heterocycles. The van der Waals surface area contributed by atoms with Crippen LogP contribution in [-0.2, 0) is 0 Å². The number of carbonyl (C=O) groups is 1. The van der Waals surface area contributed by atoms with Crippen LogP contribution in [0.15, 0.2) is 12.1 Å². The van der Waals surface area contributed by atoms with Crippen molar-refractivity contribution in [3.8, 4) is 0 Å². The SMILES string of the molecule is CC(C)c1ccc(C(=O)O)c(N)n1. The predicted molar refractivity (Wildman–Crippen MR) is 49.7 cm³/mol. The molecule has 0 aliphatic rings. The standard InChI is InChI=1S/C9H12N2O2/c1-5(2)7-4-3-6(9(12)13)8(10)11-7/h3-5H,1-2H3,(H2,10,11)(H,12,13). The molecule has 0 aliphatic carbocycles. The molecule has 1 rings (SSSR count). The van der Waals surface area contributed by atoms with Crippen LogP contribution in [0, 0.1) is 0 Å². The van der Waals surface area contributed by atoms with Gasteiger partial charge in [-0.2, -0.15) is 0 Å². The minimum absolute atomic E-state index is 0.0596. The lowest BCUT2D eigenvalue weighted by atomic mass is 10.1. The van der Waals surface area contributed by atoms with Crippen LogP contribution in [0.5, 0.6) is 0 Å². The minimum Gasteiger partial charge on any atom is -0.478 e. The van der Waals surface area contributed by atoms with Gasteiger partial charge in [-0.15, -0.1) is 0 Å². The normalized spacial score (nSPS) is 10.4. The highest BCUT2D eigenvalue weighted by molar-refractivity contribution is 5.92. The molecule has 0 fully saturated rings. The molecule has 0 aromatic carbocycles. The molecule has 0 aliphatic heterocycles. The van der Waals surface area contributed by atoms with Crippen molar-refractivity contribution in [1.29, 1.82) is 0 Å². The monoisotopic (exact) mass is 180 g/mol. The van der Waals surface area contributed by atoms with Crippen LogP contribution in [-0.4, -0.2) is 16.1 Å². The topological polar surface area (TPSA) is 76.2 Å². The van der Waals surface area contributed by atoms with E-state index in [1.165, 1.54) is 6.07 Å². The molecule has 13 heavy (non-hydrogen) atoms. The van der Waals surface area contributed by atoms with E-state index in [4.69, 9.17) is 10.8 Å². The second-order valence-corrected chi connectivity index (χ2v) is 3.13. The van der Waals surface area contributed by atoms with E-state index in [1.54, 1.807) is 6.07 Å². The minimum atomic E-state index is -1.04. The van der Waals surface area contributed by atoms with E-state index >= 15 is 0 Å². The fourth-order valence-electron chi connectivity index (χ4n) is 0.993. The number of carboxylic acid groups (broad SMARTS) is 1. The van der Waals surface area contributed by atoms with Gasteiger partial charge in [0.25, 0.3) is 0 Å². The molecule has 0 saturated heterocycles. The highest BCUT2D eigenvalue weighted by Crippen LogP contribution is 2.16. The van der Waals surface area contributed by atoms with Crippen molar-refractivity contribution >= 4 is 11.8 Å². The third-order valence-electron chi connectivity index (χ3n) is 1.77. The Morgan fingerprint density at radius 3 is 2.54 bits per heavy atom. The summed E-state index contributed by atoms with van der Waals surface area (Å²) in [6.07, 6.45) is 0. The number of hydrogen-bond acceptors (Lipinski definition) is 3. The van der Waals surface area contributed by atoms with E-state index in [0.717, 1.165) is 5.69 Å². The predicted octanol–water partition coefficient (Wildman–Crippen LogP) is 1.49. The number of nitrogen functional groups attached to an aromatic ring is 1. The zero-order chi connectivity index (χ0) is 10.0. The third kappa shape index (κ3) is 1.96. The zero-order valence-corrected chi connectivity index (χ0v) is 7.61. The average Bonchev–Trinajstić information content (AvgIpc) is 2.03.